The Hall–Kier alpha value is -2.53. The number of rotatable bonds is 3. The van der Waals surface area contributed by atoms with Crippen molar-refractivity contribution in [2.45, 2.75) is 11.6 Å². The van der Waals surface area contributed by atoms with Crippen molar-refractivity contribution in [3.8, 4) is 5.75 Å². The quantitative estimate of drug-likeness (QED) is 0.801. The van der Waals surface area contributed by atoms with Crippen molar-refractivity contribution in [1.29, 1.82) is 0 Å². The van der Waals surface area contributed by atoms with Gasteiger partial charge in [0.1, 0.15) is 12.0 Å². The van der Waals surface area contributed by atoms with Gasteiger partial charge >= 0.3 is 5.97 Å². The molecule has 2 atom stereocenters. The highest BCUT2D eigenvalue weighted by Crippen LogP contribution is 2.45. The van der Waals surface area contributed by atoms with Crippen LogP contribution in [0.25, 0.3) is 0 Å². The molecule has 0 aromatic heterocycles. The first kappa shape index (κ1) is 13.5. The van der Waals surface area contributed by atoms with Gasteiger partial charge in [0.05, 0.1) is 7.11 Å². The van der Waals surface area contributed by atoms with Crippen LogP contribution < -0.4 is 10.1 Å². The molecule has 0 spiro atoms. The lowest BCUT2D eigenvalue weighted by Gasteiger charge is -2.29. The number of benzene rings is 2. The first-order valence-corrected chi connectivity index (χ1v) is 6.52. The summed E-state index contributed by atoms with van der Waals surface area (Å²) in [6.07, 6.45) is -1.24. The monoisotopic (exact) mass is 285 g/mol. The fourth-order valence-corrected chi connectivity index (χ4v) is 2.88. The van der Waals surface area contributed by atoms with E-state index in [9.17, 15) is 15.0 Å². The molecule has 0 fully saturated rings. The van der Waals surface area contributed by atoms with Gasteiger partial charge in [-0.1, -0.05) is 30.3 Å². The summed E-state index contributed by atoms with van der Waals surface area (Å²) >= 11 is 0. The Morgan fingerprint density at radius 1 is 1.19 bits per heavy atom. The van der Waals surface area contributed by atoms with Crippen LogP contribution in [0, 0.1) is 0 Å². The minimum absolute atomic E-state index is 0.501. The number of aliphatic hydroxyl groups is 1. The average molecular weight is 285 g/mol. The number of methoxy groups -OCH3 is 1. The number of carbonyl (C=O) groups is 1. The van der Waals surface area contributed by atoms with Crippen LogP contribution >= 0.6 is 0 Å². The standard InChI is InChI=1S/C16H15NO4/c1-21-11-8-6-10(7-9-11)16(15(19)20)12-4-2-3-5-13(12)17-14(16)18/h2-9,14,17-18H,1H3,(H,19,20)/t14-,16-/m1/s1. The van der Waals surface area contributed by atoms with Crippen molar-refractivity contribution in [3.63, 3.8) is 0 Å². The van der Waals surface area contributed by atoms with E-state index in [0.29, 0.717) is 22.6 Å². The summed E-state index contributed by atoms with van der Waals surface area (Å²) in [5, 5.41) is 23.1. The molecule has 108 valence electrons. The van der Waals surface area contributed by atoms with Gasteiger partial charge in [-0.25, -0.2) is 0 Å². The maximum Gasteiger partial charge on any atom is 0.323 e. The lowest BCUT2D eigenvalue weighted by molar-refractivity contribution is -0.145. The number of hydrogen-bond donors (Lipinski definition) is 3. The van der Waals surface area contributed by atoms with Crippen LogP contribution in [-0.2, 0) is 10.2 Å². The Bertz CT molecular complexity index is 683. The maximum atomic E-state index is 12.0. The third-order valence-corrected chi connectivity index (χ3v) is 3.94. The number of carboxylic acid groups (broad SMARTS) is 1. The molecular weight excluding hydrogens is 270 g/mol. The van der Waals surface area contributed by atoms with Crippen LogP contribution in [-0.4, -0.2) is 29.5 Å². The highest BCUT2D eigenvalue weighted by molar-refractivity contribution is 5.92. The van der Waals surface area contributed by atoms with Gasteiger partial charge in [0.25, 0.3) is 0 Å². The Morgan fingerprint density at radius 2 is 1.86 bits per heavy atom. The molecule has 2 aromatic carbocycles. The zero-order valence-electron chi connectivity index (χ0n) is 11.4. The molecular formula is C16H15NO4. The van der Waals surface area contributed by atoms with Crippen molar-refractivity contribution in [1.82, 2.24) is 0 Å². The van der Waals surface area contributed by atoms with Crippen LogP contribution in [0.5, 0.6) is 5.75 Å². The van der Waals surface area contributed by atoms with Gasteiger partial charge in [-0.15, -0.1) is 0 Å². The second-order valence-electron chi connectivity index (χ2n) is 4.93. The molecule has 5 heteroatoms. The predicted molar refractivity (Wildman–Crippen MR) is 77.5 cm³/mol. The van der Waals surface area contributed by atoms with Gasteiger partial charge in [-0.3, -0.25) is 4.79 Å². The minimum atomic E-state index is -1.52. The molecule has 2 aromatic rings. The molecule has 1 aliphatic rings. The largest absolute Gasteiger partial charge is 0.497 e. The zero-order chi connectivity index (χ0) is 15.0. The van der Waals surface area contributed by atoms with Crippen molar-refractivity contribution in [2.24, 2.45) is 0 Å². The summed E-state index contributed by atoms with van der Waals surface area (Å²) in [5.74, 6) is -0.467. The molecule has 0 saturated carbocycles. The Morgan fingerprint density at radius 3 is 2.48 bits per heavy atom. The minimum Gasteiger partial charge on any atom is -0.497 e. The van der Waals surface area contributed by atoms with Crippen molar-refractivity contribution in [3.05, 3.63) is 59.7 Å². The number of para-hydroxylation sites is 1. The van der Waals surface area contributed by atoms with E-state index in [1.807, 2.05) is 0 Å². The predicted octanol–water partition coefficient (Wildman–Crippen LogP) is 1.81. The SMILES string of the molecule is COc1ccc([C@@]2(C(=O)O)c3ccccc3N[C@@H]2O)cc1. The second kappa shape index (κ2) is 4.79. The Kier molecular flexibility index (Phi) is 3.07. The average Bonchev–Trinajstić information content (AvgIpc) is 2.80. The first-order valence-electron chi connectivity index (χ1n) is 6.52. The van der Waals surface area contributed by atoms with E-state index in [1.54, 1.807) is 55.6 Å². The highest BCUT2D eigenvalue weighted by Gasteiger charge is 2.54. The van der Waals surface area contributed by atoms with E-state index in [0.717, 1.165) is 0 Å². The molecule has 1 heterocycles. The number of anilines is 1. The van der Waals surface area contributed by atoms with Gasteiger partial charge < -0.3 is 20.3 Å². The van der Waals surface area contributed by atoms with Crippen LogP contribution in [0.2, 0.25) is 0 Å². The summed E-state index contributed by atoms with van der Waals surface area (Å²) in [7, 11) is 1.54. The Labute approximate surface area is 121 Å². The van der Waals surface area contributed by atoms with E-state index < -0.39 is 17.6 Å². The van der Waals surface area contributed by atoms with E-state index >= 15 is 0 Å². The normalized spacial score (nSPS) is 23.2. The van der Waals surface area contributed by atoms with Crippen LogP contribution in [0.1, 0.15) is 11.1 Å². The van der Waals surface area contributed by atoms with Crippen LogP contribution in [0.15, 0.2) is 48.5 Å². The number of fused-ring (bicyclic) bond motifs is 1. The molecule has 0 amide bonds. The molecule has 0 bridgehead atoms. The fourth-order valence-electron chi connectivity index (χ4n) is 2.88. The van der Waals surface area contributed by atoms with Crippen molar-refractivity contribution in [2.75, 3.05) is 12.4 Å². The van der Waals surface area contributed by atoms with Gasteiger partial charge in [-0.2, -0.15) is 0 Å². The molecule has 3 N–H and O–H groups in total. The van der Waals surface area contributed by atoms with E-state index in [2.05, 4.69) is 5.32 Å². The molecule has 0 unspecified atom stereocenters. The van der Waals surface area contributed by atoms with Crippen molar-refractivity contribution >= 4 is 11.7 Å². The lowest BCUT2D eigenvalue weighted by atomic mass is 9.74. The summed E-state index contributed by atoms with van der Waals surface area (Å²) in [6.45, 7) is 0. The molecule has 1 aliphatic heterocycles. The number of aliphatic hydroxyl groups excluding tert-OH is 1. The number of ether oxygens (including phenoxy) is 1. The van der Waals surface area contributed by atoms with Gasteiger partial charge in [0.2, 0.25) is 0 Å². The summed E-state index contributed by atoms with van der Waals surface area (Å²) < 4.78 is 5.10. The number of aliphatic carboxylic acids is 1. The second-order valence-corrected chi connectivity index (χ2v) is 4.93. The molecule has 0 aliphatic carbocycles. The van der Waals surface area contributed by atoms with Gasteiger partial charge in [-0.05, 0) is 23.8 Å². The summed E-state index contributed by atoms with van der Waals surface area (Å²) in [4.78, 5) is 12.0. The fraction of sp³-hybridized carbons (Fsp3) is 0.188. The van der Waals surface area contributed by atoms with E-state index in [-0.39, 0.29) is 0 Å². The van der Waals surface area contributed by atoms with Gasteiger partial charge in [0, 0.05) is 11.3 Å². The summed E-state index contributed by atoms with van der Waals surface area (Å²) in [6, 6.07) is 13.7. The smallest absolute Gasteiger partial charge is 0.323 e. The lowest BCUT2D eigenvalue weighted by Crippen LogP contribution is -2.46. The van der Waals surface area contributed by atoms with Crippen molar-refractivity contribution < 1.29 is 19.7 Å². The molecule has 0 saturated heterocycles. The molecule has 3 rings (SSSR count). The molecule has 21 heavy (non-hydrogen) atoms. The van der Waals surface area contributed by atoms with E-state index in [4.69, 9.17) is 4.74 Å². The van der Waals surface area contributed by atoms with Crippen LogP contribution in [0.4, 0.5) is 5.69 Å². The summed E-state index contributed by atoms with van der Waals surface area (Å²) in [5.41, 5.74) is 0.155. The zero-order valence-corrected chi connectivity index (χ0v) is 11.4. The Balaban J connectivity index is 2.23. The number of hydrogen-bond acceptors (Lipinski definition) is 4. The van der Waals surface area contributed by atoms with Crippen LogP contribution in [0.3, 0.4) is 0 Å². The highest BCUT2D eigenvalue weighted by atomic mass is 16.5. The number of carboxylic acids is 1. The first-order chi connectivity index (χ1) is 10.1. The maximum absolute atomic E-state index is 12.0. The topological polar surface area (TPSA) is 78.8 Å². The molecule has 5 nitrogen and oxygen atoms in total. The molecule has 0 radical (unpaired) electrons. The third kappa shape index (κ3) is 1.78. The number of nitrogens with one attached hydrogen (secondary N) is 1. The van der Waals surface area contributed by atoms with Gasteiger partial charge in [0.15, 0.2) is 5.41 Å². The van der Waals surface area contributed by atoms with E-state index in [1.165, 1.54) is 0 Å². The third-order valence-electron chi connectivity index (χ3n) is 3.94.